The van der Waals surface area contributed by atoms with Crippen molar-refractivity contribution in [3.05, 3.63) is 60.2 Å². The monoisotopic (exact) mass is 377 g/mol. The number of carbonyl (C=O) groups excluding carboxylic acids is 3. The fourth-order valence-corrected chi connectivity index (χ4v) is 3.14. The molecule has 1 aliphatic rings. The number of ketones is 1. The average molecular weight is 377 g/mol. The second kappa shape index (κ2) is 8.61. The second-order valence-corrected chi connectivity index (χ2v) is 6.85. The lowest BCUT2D eigenvalue weighted by Crippen LogP contribution is -2.51. The lowest BCUT2D eigenvalue weighted by molar-refractivity contribution is -0.130. The van der Waals surface area contributed by atoms with Crippen LogP contribution in [0.25, 0.3) is 10.8 Å². The summed E-state index contributed by atoms with van der Waals surface area (Å²) in [5.41, 5.74) is 0.899. The fraction of sp³-hybridized carbons (Fsp3) is 0.273. The molecule has 1 aliphatic heterocycles. The predicted octanol–water partition coefficient (Wildman–Crippen LogP) is 1.97. The Balaban J connectivity index is 1.60. The Labute approximate surface area is 163 Å². The number of rotatable bonds is 5. The Morgan fingerprint density at radius 1 is 1.14 bits per heavy atom. The Morgan fingerprint density at radius 2 is 1.89 bits per heavy atom. The van der Waals surface area contributed by atoms with Gasteiger partial charge in [0.15, 0.2) is 5.78 Å². The number of allylic oxidation sites excluding steroid dienone is 1. The van der Waals surface area contributed by atoms with Crippen LogP contribution < -0.4 is 10.6 Å². The second-order valence-electron chi connectivity index (χ2n) is 6.85. The van der Waals surface area contributed by atoms with Crippen LogP contribution in [0.4, 0.5) is 0 Å². The van der Waals surface area contributed by atoms with E-state index in [0.717, 1.165) is 16.3 Å². The van der Waals surface area contributed by atoms with Crippen LogP contribution in [0.5, 0.6) is 0 Å². The lowest BCUT2D eigenvalue weighted by atomic mass is 10.0. The summed E-state index contributed by atoms with van der Waals surface area (Å²) in [7, 11) is 0. The quantitative estimate of drug-likeness (QED) is 0.835. The number of nitrogens with zero attached hydrogens (tertiary/aromatic N) is 1. The van der Waals surface area contributed by atoms with Crippen LogP contribution >= 0.6 is 0 Å². The molecule has 6 nitrogen and oxygen atoms in total. The summed E-state index contributed by atoms with van der Waals surface area (Å²) in [6.45, 7) is 3.28. The van der Waals surface area contributed by atoms with E-state index in [2.05, 4.69) is 15.6 Å². The number of Topliss-reactive ketones (excluding diaryl/α,β-unsaturated/α-hetero) is 1. The maximum absolute atomic E-state index is 12.4. The largest absolute Gasteiger partial charge is 0.344 e. The van der Waals surface area contributed by atoms with Gasteiger partial charge in [-0.15, -0.1) is 0 Å². The van der Waals surface area contributed by atoms with Crippen molar-refractivity contribution in [3.63, 3.8) is 0 Å². The molecule has 0 aliphatic carbocycles. The Kier molecular flexibility index (Phi) is 5.99. The zero-order chi connectivity index (χ0) is 20.1. The van der Waals surface area contributed by atoms with Crippen LogP contribution in [0.2, 0.25) is 0 Å². The lowest BCUT2D eigenvalue weighted by Gasteiger charge is -2.19. The standard InChI is InChI=1S/C22H23N3O3/c1-14-21(27)19(11-6-12-23-14)25-22(28)15(2)24-20(26)13-17-9-5-8-16-7-3-4-10-18(16)17/h3-12,14-15,19H,13H2,1-2H3,(H,24,26)(H,25,28)/t14?,15-,19?/m0/s1. The number of fused-ring (bicyclic) bond motifs is 1. The van der Waals surface area contributed by atoms with Crippen molar-refractivity contribution < 1.29 is 14.4 Å². The molecular weight excluding hydrogens is 354 g/mol. The van der Waals surface area contributed by atoms with Crippen LogP contribution in [0, 0.1) is 0 Å². The molecule has 3 atom stereocenters. The molecule has 28 heavy (non-hydrogen) atoms. The van der Waals surface area contributed by atoms with E-state index in [1.165, 1.54) is 0 Å². The van der Waals surface area contributed by atoms with Crippen LogP contribution in [0.15, 0.2) is 59.6 Å². The third-order valence-corrected chi connectivity index (χ3v) is 4.72. The molecule has 0 saturated heterocycles. The Morgan fingerprint density at radius 3 is 2.71 bits per heavy atom. The molecule has 1 heterocycles. The molecule has 2 unspecified atom stereocenters. The molecule has 2 aromatic carbocycles. The average Bonchev–Trinajstić information content (AvgIpc) is 2.84. The summed E-state index contributed by atoms with van der Waals surface area (Å²) < 4.78 is 0. The first-order valence-corrected chi connectivity index (χ1v) is 9.26. The summed E-state index contributed by atoms with van der Waals surface area (Å²) >= 11 is 0. The van der Waals surface area contributed by atoms with Crippen molar-refractivity contribution in [1.82, 2.24) is 10.6 Å². The van der Waals surface area contributed by atoms with Crippen molar-refractivity contribution in [2.75, 3.05) is 0 Å². The van der Waals surface area contributed by atoms with Gasteiger partial charge in [0.05, 0.1) is 6.42 Å². The van der Waals surface area contributed by atoms with Crippen LogP contribution in [0.3, 0.4) is 0 Å². The van der Waals surface area contributed by atoms with Gasteiger partial charge >= 0.3 is 0 Å². The van der Waals surface area contributed by atoms with Gasteiger partial charge in [0, 0.05) is 6.21 Å². The first-order chi connectivity index (χ1) is 13.5. The number of aliphatic imine (C=N–C) groups is 1. The molecule has 144 valence electrons. The van der Waals surface area contributed by atoms with Crippen molar-refractivity contribution >= 4 is 34.6 Å². The zero-order valence-corrected chi connectivity index (χ0v) is 15.9. The summed E-state index contributed by atoms with van der Waals surface area (Å²) in [6.07, 6.45) is 4.95. The van der Waals surface area contributed by atoms with Gasteiger partial charge in [0.2, 0.25) is 11.8 Å². The Hall–Kier alpha value is -3.28. The molecule has 2 aromatic rings. The smallest absolute Gasteiger partial charge is 0.243 e. The molecule has 6 heteroatoms. The van der Waals surface area contributed by atoms with E-state index >= 15 is 0 Å². The summed E-state index contributed by atoms with van der Waals surface area (Å²) in [5.74, 6) is -0.852. The number of nitrogens with one attached hydrogen (secondary N) is 2. The van der Waals surface area contributed by atoms with Crippen molar-refractivity contribution in [3.8, 4) is 0 Å². The first kappa shape index (κ1) is 19.5. The highest BCUT2D eigenvalue weighted by Crippen LogP contribution is 2.18. The van der Waals surface area contributed by atoms with Gasteiger partial charge in [0.1, 0.15) is 18.1 Å². The SMILES string of the molecule is CC1N=CC=CC(NC(=O)[C@H](C)NC(=O)Cc2cccc3ccccc23)C1=O. The van der Waals surface area contributed by atoms with Gasteiger partial charge in [-0.3, -0.25) is 19.4 Å². The molecule has 0 aromatic heterocycles. The maximum atomic E-state index is 12.4. The topological polar surface area (TPSA) is 87.6 Å². The van der Waals surface area contributed by atoms with Crippen molar-refractivity contribution in [2.45, 2.75) is 38.4 Å². The van der Waals surface area contributed by atoms with Crippen LogP contribution in [-0.2, 0) is 20.8 Å². The first-order valence-electron chi connectivity index (χ1n) is 9.26. The molecule has 0 spiro atoms. The molecule has 0 radical (unpaired) electrons. The minimum atomic E-state index is -0.761. The van der Waals surface area contributed by atoms with E-state index in [4.69, 9.17) is 0 Å². The van der Waals surface area contributed by atoms with Gasteiger partial charge in [-0.25, -0.2) is 0 Å². The third-order valence-electron chi connectivity index (χ3n) is 4.72. The number of amides is 2. The van der Waals surface area contributed by atoms with E-state index in [1.54, 1.807) is 32.2 Å². The highest BCUT2D eigenvalue weighted by molar-refractivity contribution is 5.98. The van der Waals surface area contributed by atoms with E-state index in [0.29, 0.717) is 0 Å². The molecule has 0 fully saturated rings. The Bertz CT molecular complexity index is 959. The molecule has 2 amide bonds. The van der Waals surface area contributed by atoms with Gasteiger partial charge in [0.25, 0.3) is 0 Å². The molecule has 2 N–H and O–H groups in total. The van der Waals surface area contributed by atoms with Crippen LogP contribution in [-0.4, -0.2) is 41.9 Å². The van der Waals surface area contributed by atoms with E-state index in [9.17, 15) is 14.4 Å². The number of hydrogen-bond acceptors (Lipinski definition) is 4. The fourth-order valence-electron chi connectivity index (χ4n) is 3.14. The summed E-state index contributed by atoms with van der Waals surface area (Å²) in [6, 6.07) is 11.6. The summed E-state index contributed by atoms with van der Waals surface area (Å²) in [4.78, 5) is 41.1. The van der Waals surface area contributed by atoms with Crippen molar-refractivity contribution in [1.29, 1.82) is 0 Å². The van der Waals surface area contributed by atoms with Crippen molar-refractivity contribution in [2.24, 2.45) is 4.99 Å². The predicted molar refractivity (Wildman–Crippen MR) is 109 cm³/mol. The third kappa shape index (κ3) is 4.52. The number of benzene rings is 2. The molecule has 0 saturated carbocycles. The number of hydrogen-bond donors (Lipinski definition) is 2. The molecule has 0 bridgehead atoms. The van der Waals surface area contributed by atoms with Gasteiger partial charge in [-0.2, -0.15) is 0 Å². The van der Waals surface area contributed by atoms with Gasteiger partial charge in [-0.1, -0.05) is 48.5 Å². The normalized spacial score (nSPS) is 19.9. The van der Waals surface area contributed by atoms with E-state index in [1.807, 2.05) is 42.5 Å². The maximum Gasteiger partial charge on any atom is 0.243 e. The highest BCUT2D eigenvalue weighted by atomic mass is 16.2. The highest BCUT2D eigenvalue weighted by Gasteiger charge is 2.26. The molecule has 3 rings (SSSR count). The summed E-state index contributed by atoms with van der Waals surface area (Å²) in [5, 5.41) is 7.45. The van der Waals surface area contributed by atoms with E-state index in [-0.39, 0.29) is 18.1 Å². The zero-order valence-electron chi connectivity index (χ0n) is 15.9. The van der Waals surface area contributed by atoms with Gasteiger partial charge in [-0.05, 0) is 36.3 Å². The minimum absolute atomic E-state index is 0.173. The van der Waals surface area contributed by atoms with Gasteiger partial charge < -0.3 is 10.6 Å². The minimum Gasteiger partial charge on any atom is -0.344 e. The van der Waals surface area contributed by atoms with E-state index < -0.39 is 24.0 Å². The number of carbonyl (C=O) groups is 3. The van der Waals surface area contributed by atoms with Crippen LogP contribution in [0.1, 0.15) is 19.4 Å². The molecular formula is C22H23N3O3.